The van der Waals surface area contributed by atoms with E-state index < -0.39 is 12.2 Å². The molecule has 0 spiro atoms. The van der Waals surface area contributed by atoms with Gasteiger partial charge in [0.05, 0.1) is 0 Å². The zero-order valence-corrected chi connectivity index (χ0v) is 15.8. The van der Waals surface area contributed by atoms with Crippen LogP contribution in [0.1, 0.15) is 43.6 Å². The highest BCUT2D eigenvalue weighted by Crippen LogP contribution is 2.41. The fraction of sp³-hybridized carbons (Fsp3) is 0.500. The van der Waals surface area contributed by atoms with E-state index in [1.807, 2.05) is 18.2 Å². The first-order chi connectivity index (χ1) is 13.5. The van der Waals surface area contributed by atoms with Gasteiger partial charge < -0.3 is 9.64 Å². The number of allylic oxidation sites excluding steroid dienone is 2. The predicted molar refractivity (Wildman–Crippen MR) is 103 cm³/mol. The number of rotatable bonds is 5. The first-order valence-electron chi connectivity index (χ1n) is 10.1. The second-order valence-corrected chi connectivity index (χ2v) is 7.84. The van der Waals surface area contributed by atoms with Crippen LogP contribution in [0.25, 0.3) is 0 Å². The molecule has 1 amide bonds. The lowest BCUT2D eigenvalue weighted by molar-refractivity contribution is 0.0488. The van der Waals surface area contributed by atoms with Gasteiger partial charge in [-0.25, -0.2) is 13.6 Å². The van der Waals surface area contributed by atoms with Crippen molar-refractivity contribution in [2.45, 2.75) is 56.2 Å². The number of hydrogen-bond donors (Lipinski definition) is 1. The van der Waals surface area contributed by atoms with Crippen LogP contribution in [0.5, 0.6) is 0 Å². The summed E-state index contributed by atoms with van der Waals surface area (Å²) in [6, 6.07) is 10.3. The lowest BCUT2D eigenvalue weighted by Gasteiger charge is -2.30. The third kappa shape index (κ3) is 4.61. The van der Waals surface area contributed by atoms with Gasteiger partial charge in [-0.1, -0.05) is 42.5 Å². The standard InChI is InChI=1S/C22H26F2N2O2/c23-22(24)11-9-17(10-12-22)20(28-21(27)26-13-5-2-6-14-26)25-19-15-18(19)16-7-3-1-4-8-16/h1,3-4,7-11,18-20,25H,2,5-6,12-15H2/t18-,19+,20?/m0/s1. The Kier molecular flexibility index (Phi) is 5.49. The van der Waals surface area contributed by atoms with Crippen molar-refractivity contribution in [2.75, 3.05) is 13.1 Å². The van der Waals surface area contributed by atoms with Crippen molar-refractivity contribution in [3.05, 3.63) is 59.7 Å². The number of piperidine rings is 1. The molecule has 28 heavy (non-hydrogen) atoms. The molecule has 150 valence electrons. The summed E-state index contributed by atoms with van der Waals surface area (Å²) in [7, 11) is 0. The van der Waals surface area contributed by atoms with Crippen molar-refractivity contribution in [1.29, 1.82) is 0 Å². The topological polar surface area (TPSA) is 41.6 Å². The highest BCUT2D eigenvalue weighted by Gasteiger charge is 2.41. The third-order valence-corrected chi connectivity index (χ3v) is 5.65. The number of alkyl halides is 2. The molecule has 1 unspecified atom stereocenters. The summed E-state index contributed by atoms with van der Waals surface area (Å²) in [5, 5.41) is 3.37. The molecule has 3 atom stereocenters. The average Bonchev–Trinajstić information content (AvgIpc) is 3.48. The Morgan fingerprint density at radius 1 is 1.18 bits per heavy atom. The molecule has 3 aliphatic rings. The van der Waals surface area contributed by atoms with Crippen LogP contribution in [-0.4, -0.2) is 42.3 Å². The molecule has 1 saturated heterocycles. The lowest BCUT2D eigenvalue weighted by atomic mass is 10.0. The Balaban J connectivity index is 1.44. The van der Waals surface area contributed by atoms with Crippen LogP contribution in [0.3, 0.4) is 0 Å². The molecule has 6 heteroatoms. The van der Waals surface area contributed by atoms with E-state index in [9.17, 15) is 13.6 Å². The van der Waals surface area contributed by atoms with Crippen LogP contribution < -0.4 is 5.32 Å². The molecule has 0 radical (unpaired) electrons. The first-order valence-corrected chi connectivity index (χ1v) is 10.1. The number of nitrogens with one attached hydrogen (secondary N) is 1. The third-order valence-electron chi connectivity index (χ3n) is 5.65. The summed E-state index contributed by atoms with van der Waals surface area (Å²) in [5.74, 6) is -2.48. The summed E-state index contributed by atoms with van der Waals surface area (Å²) in [6.45, 7) is 1.38. The molecule has 4 rings (SSSR count). The molecular weight excluding hydrogens is 362 g/mol. The smallest absolute Gasteiger partial charge is 0.411 e. The van der Waals surface area contributed by atoms with Crippen LogP contribution in [0.4, 0.5) is 13.6 Å². The van der Waals surface area contributed by atoms with E-state index in [0.717, 1.165) is 31.8 Å². The van der Waals surface area contributed by atoms with Gasteiger partial charge in [0.1, 0.15) is 0 Å². The molecule has 1 aliphatic heterocycles. The second kappa shape index (κ2) is 8.03. The van der Waals surface area contributed by atoms with Crippen molar-refractivity contribution in [3.63, 3.8) is 0 Å². The van der Waals surface area contributed by atoms with Crippen LogP contribution in [0.2, 0.25) is 0 Å². The normalized spacial score (nSPS) is 27.1. The van der Waals surface area contributed by atoms with Crippen LogP contribution >= 0.6 is 0 Å². The maximum Gasteiger partial charge on any atom is 0.411 e. The highest BCUT2D eigenvalue weighted by molar-refractivity contribution is 5.68. The summed E-state index contributed by atoms with van der Waals surface area (Å²) >= 11 is 0. The minimum absolute atomic E-state index is 0.165. The Morgan fingerprint density at radius 3 is 2.61 bits per heavy atom. The van der Waals surface area contributed by atoms with Gasteiger partial charge in [-0.05, 0) is 37.3 Å². The maximum atomic E-state index is 13.5. The Labute approximate surface area is 164 Å². The molecule has 0 bridgehead atoms. The number of carbonyl (C=O) groups excluding carboxylic acids is 1. The maximum absolute atomic E-state index is 13.5. The van der Waals surface area contributed by atoms with E-state index in [2.05, 4.69) is 17.4 Å². The first kappa shape index (κ1) is 19.1. The van der Waals surface area contributed by atoms with Gasteiger partial charge in [0.15, 0.2) is 6.23 Å². The quantitative estimate of drug-likeness (QED) is 0.750. The number of amides is 1. The summed E-state index contributed by atoms with van der Waals surface area (Å²) in [5.41, 5.74) is 1.83. The molecule has 0 aromatic heterocycles. The number of hydrogen-bond acceptors (Lipinski definition) is 3. The van der Waals surface area contributed by atoms with E-state index in [4.69, 9.17) is 4.74 Å². The van der Waals surface area contributed by atoms with E-state index in [1.54, 1.807) is 4.90 Å². The Morgan fingerprint density at radius 2 is 1.93 bits per heavy atom. The van der Waals surface area contributed by atoms with Gasteiger partial charge in [0.2, 0.25) is 0 Å². The Bertz CT molecular complexity index is 757. The lowest BCUT2D eigenvalue weighted by Crippen LogP contribution is -2.43. The van der Waals surface area contributed by atoms with Gasteiger partial charge >= 0.3 is 6.09 Å². The number of likely N-dealkylation sites (tertiary alicyclic amines) is 1. The van der Waals surface area contributed by atoms with Gasteiger partial charge in [-0.15, -0.1) is 0 Å². The molecule has 2 aliphatic carbocycles. The van der Waals surface area contributed by atoms with Gasteiger partial charge in [-0.2, -0.15) is 0 Å². The summed E-state index contributed by atoms with van der Waals surface area (Å²) < 4.78 is 32.7. The van der Waals surface area contributed by atoms with Crippen molar-refractivity contribution >= 4 is 6.09 Å². The molecule has 1 N–H and O–H groups in total. The molecule has 1 saturated carbocycles. The largest absolute Gasteiger partial charge is 0.426 e. The number of carbonyl (C=O) groups is 1. The Hall–Kier alpha value is -2.21. The van der Waals surface area contributed by atoms with Crippen LogP contribution in [0, 0.1) is 0 Å². The zero-order valence-electron chi connectivity index (χ0n) is 15.8. The highest BCUT2D eigenvalue weighted by atomic mass is 19.3. The van der Waals surface area contributed by atoms with Crippen molar-refractivity contribution in [1.82, 2.24) is 10.2 Å². The number of halogens is 2. The van der Waals surface area contributed by atoms with Gasteiger partial charge in [0, 0.05) is 37.0 Å². The predicted octanol–water partition coefficient (Wildman–Crippen LogP) is 4.60. The van der Waals surface area contributed by atoms with Crippen LogP contribution in [0.15, 0.2) is 54.1 Å². The van der Waals surface area contributed by atoms with E-state index in [1.165, 1.54) is 17.7 Å². The van der Waals surface area contributed by atoms with Gasteiger partial charge in [0.25, 0.3) is 5.92 Å². The van der Waals surface area contributed by atoms with Crippen molar-refractivity contribution < 1.29 is 18.3 Å². The van der Waals surface area contributed by atoms with Crippen molar-refractivity contribution in [3.8, 4) is 0 Å². The molecule has 2 fully saturated rings. The number of ether oxygens (including phenoxy) is 1. The minimum atomic E-state index is -2.84. The number of nitrogens with zero attached hydrogens (tertiary/aromatic N) is 1. The average molecular weight is 388 g/mol. The second-order valence-electron chi connectivity index (χ2n) is 7.84. The molecular formula is C22H26F2N2O2. The molecule has 1 aromatic carbocycles. The SMILES string of the molecule is O=C(OC(N[C@@H]1C[C@H]1c1ccccc1)C1=CCC(F)(F)C=C1)N1CCCCC1. The number of benzene rings is 1. The van der Waals surface area contributed by atoms with E-state index in [0.29, 0.717) is 24.6 Å². The minimum Gasteiger partial charge on any atom is -0.426 e. The summed E-state index contributed by atoms with van der Waals surface area (Å²) in [6.07, 6.45) is 6.30. The summed E-state index contributed by atoms with van der Waals surface area (Å²) in [4.78, 5) is 14.3. The van der Waals surface area contributed by atoms with E-state index in [-0.39, 0.29) is 18.6 Å². The molecule has 1 aromatic rings. The fourth-order valence-corrected chi connectivity index (χ4v) is 3.89. The van der Waals surface area contributed by atoms with Crippen LogP contribution in [-0.2, 0) is 4.74 Å². The molecule has 4 nitrogen and oxygen atoms in total. The zero-order chi connectivity index (χ0) is 19.6. The van der Waals surface area contributed by atoms with E-state index >= 15 is 0 Å². The fourth-order valence-electron chi connectivity index (χ4n) is 3.89. The monoisotopic (exact) mass is 388 g/mol. The van der Waals surface area contributed by atoms with Gasteiger partial charge in [-0.3, -0.25) is 5.32 Å². The molecule has 1 heterocycles. The van der Waals surface area contributed by atoms with Crippen molar-refractivity contribution in [2.24, 2.45) is 0 Å².